The lowest BCUT2D eigenvalue weighted by Gasteiger charge is -2.12. The molecule has 0 aromatic heterocycles. The van der Waals surface area contributed by atoms with Crippen LogP contribution in [0, 0.1) is 5.92 Å². The number of methoxy groups -OCH3 is 1. The van der Waals surface area contributed by atoms with Crippen LogP contribution >= 0.6 is 0 Å². The van der Waals surface area contributed by atoms with Gasteiger partial charge in [0.25, 0.3) is 0 Å². The van der Waals surface area contributed by atoms with Crippen molar-refractivity contribution in [3.05, 3.63) is 0 Å². The maximum Gasteiger partial charge on any atom is 0.510 e. The summed E-state index contributed by atoms with van der Waals surface area (Å²) in [7, 11) is 1.32. The van der Waals surface area contributed by atoms with Gasteiger partial charge in [0.15, 0.2) is 0 Å². The molecule has 1 aliphatic heterocycles. The van der Waals surface area contributed by atoms with Crippen LogP contribution in [0.1, 0.15) is 70.6 Å². The van der Waals surface area contributed by atoms with E-state index in [4.69, 9.17) is 9.47 Å². The van der Waals surface area contributed by atoms with Gasteiger partial charge < -0.3 is 14.2 Å². The molecule has 1 aliphatic carbocycles. The number of unbranched alkanes of at least 4 members (excludes halogenated alkanes) is 4. The molecule has 4 nitrogen and oxygen atoms in total. The first-order valence-corrected chi connectivity index (χ1v) is 8.15. The van der Waals surface area contributed by atoms with Gasteiger partial charge in [-0.05, 0) is 12.3 Å². The van der Waals surface area contributed by atoms with E-state index in [9.17, 15) is 4.79 Å². The molecule has 1 unspecified atom stereocenters. The molecule has 0 aromatic carbocycles. The maximum atomic E-state index is 11.0. The minimum absolute atomic E-state index is 0.518. The van der Waals surface area contributed by atoms with Gasteiger partial charge in [-0.15, -0.1) is 0 Å². The Morgan fingerprint density at radius 2 is 1.80 bits per heavy atom. The largest absolute Gasteiger partial charge is 0.510 e. The van der Waals surface area contributed by atoms with Crippen molar-refractivity contribution >= 4 is 6.16 Å². The summed E-state index contributed by atoms with van der Waals surface area (Å²) >= 11 is 0. The minimum atomic E-state index is -0.656. The summed E-state index contributed by atoms with van der Waals surface area (Å²) in [5, 5.41) is 0. The summed E-state index contributed by atoms with van der Waals surface area (Å²) < 4.78 is 14.8. The van der Waals surface area contributed by atoms with Gasteiger partial charge in [-0.1, -0.05) is 57.8 Å². The fraction of sp³-hybridized carbons (Fsp3) is 0.938. The molecule has 1 saturated heterocycles. The van der Waals surface area contributed by atoms with Crippen LogP contribution in [-0.4, -0.2) is 25.7 Å². The molecule has 0 radical (unpaired) electrons. The molecule has 1 heterocycles. The third-order valence-corrected chi connectivity index (χ3v) is 4.55. The smallest absolute Gasteiger partial charge is 0.438 e. The lowest BCUT2D eigenvalue weighted by Crippen LogP contribution is -2.21. The van der Waals surface area contributed by atoms with Crippen LogP contribution in [0.2, 0.25) is 0 Å². The Balaban J connectivity index is 1.42. The van der Waals surface area contributed by atoms with E-state index in [0.717, 1.165) is 18.8 Å². The monoisotopic (exact) mass is 284 g/mol. The molecule has 0 amide bonds. The fourth-order valence-corrected chi connectivity index (χ4v) is 3.19. The second-order valence-electron chi connectivity index (χ2n) is 6.21. The molecule has 116 valence electrons. The van der Waals surface area contributed by atoms with E-state index in [0.29, 0.717) is 6.61 Å². The number of carbonyl (C=O) groups is 1. The van der Waals surface area contributed by atoms with Crippen molar-refractivity contribution in [3.8, 4) is 0 Å². The highest BCUT2D eigenvalue weighted by atomic mass is 16.8. The van der Waals surface area contributed by atoms with Crippen molar-refractivity contribution in [3.63, 3.8) is 0 Å². The van der Waals surface area contributed by atoms with Gasteiger partial charge in [0, 0.05) is 6.42 Å². The van der Waals surface area contributed by atoms with Crippen molar-refractivity contribution in [2.45, 2.75) is 76.4 Å². The Morgan fingerprint density at radius 3 is 2.45 bits per heavy atom. The number of epoxide rings is 1. The zero-order valence-corrected chi connectivity index (χ0v) is 12.7. The van der Waals surface area contributed by atoms with Gasteiger partial charge in [-0.25, -0.2) is 4.79 Å². The molecule has 0 aromatic rings. The molecule has 0 bridgehead atoms. The molecule has 20 heavy (non-hydrogen) atoms. The Kier molecular flexibility index (Phi) is 6.14. The maximum absolute atomic E-state index is 11.0. The predicted octanol–water partition coefficient (Wildman–Crippen LogP) is 4.42. The van der Waals surface area contributed by atoms with Gasteiger partial charge in [-0.2, -0.15) is 0 Å². The van der Waals surface area contributed by atoms with E-state index in [-0.39, 0.29) is 0 Å². The minimum Gasteiger partial charge on any atom is -0.438 e. The van der Waals surface area contributed by atoms with E-state index in [1.54, 1.807) is 0 Å². The molecule has 2 fully saturated rings. The Morgan fingerprint density at radius 1 is 1.15 bits per heavy atom. The Bertz CT molecular complexity index is 293. The van der Waals surface area contributed by atoms with Crippen molar-refractivity contribution in [1.29, 1.82) is 0 Å². The number of hydrogen-bond donors (Lipinski definition) is 0. The summed E-state index contributed by atoms with van der Waals surface area (Å²) in [6.07, 6.45) is 13.7. The molecule has 4 heteroatoms. The third kappa shape index (κ3) is 5.31. The first-order chi connectivity index (χ1) is 9.74. The van der Waals surface area contributed by atoms with E-state index in [1.165, 1.54) is 64.9 Å². The third-order valence-electron chi connectivity index (χ3n) is 4.55. The van der Waals surface area contributed by atoms with E-state index < -0.39 is 11.9 Å². The zero-order valence-electron chi connectivity index (χ0n) is 12.7. The number of carbonyl (C=O) groups excluding carboxylic acids is 1. The van der Waals surface area contributed by atoms with Crippen molar-refractivity contribution in [2.75, 3.05) is 13.7 Å². The van der Waals surface area contributed by atoms with Gasteiger partial charge in [-0.3, -0.25) is 0 Å². The Labute approximate surface area is 122 Å². The molecule has 2 rings (SSSR count). The first-order valence-electron chi connectivity index (χ1n) is 8.15. The lowest BCUT2D eigenvalue weighted by atomic mass is 9.99. The normalized spacial score (nSPS) is 25.6. The van der Waals surface area contributed by atoms with Crippen LogP contribution in [0.4, 0.5) is 4.79 Å². The number of rotatable bonds is 9. The SMILES string of the molecule is COC(=O)OC1(CCCCCCCC2CCCC2)CO1. The summed E-state index contributed by atoms with van der Waals surface area (Å²) in [6.45, 7) is 0.518. The van der Waals surface area contributed by atoms with Gasteiger partial charge in [0.1, 0.15) is 6.61 Å². The quantitative estimate of drug-likeness (QED) is 0.357. The van der Waals surface area contributed by atoms with Gasteiger partial charge >= 0.3 is 6.16 Å². The number of ether oxygens (including phenoxy) is 3. The van der Waals surface area contributed by atoms with Crippen molar-refractivity contribution in [2.24, 2.45) is 5.92 Å². The second kappa shape index (κ2) is 7.87. The summed E-state index contributed by atoms with van der Waals surface area (Å²) in [5.41, 5.74) is 0. The van der Waals surface area contributed by atoms with Crippen LogP contribution in [-0.2, 0) is 14.2 Å². The highest BCUT2D eigenvalue weighted by Crippen LogP contribution is 2.35. The van der Waals surface area contributed by atoms with Crippen LogP contribution in [0.15, 0.2) is 0 Å². The standard InChI is InChI=1S/C16H28O4/c1-18-15(17)20-16(13-19-16)12-8-4-2-3-5-9-14-10-6-7-11-14/h14H,2-13H2,1H3. The first kappa shape index (κ1) is 15.6. The van der Waals surface area contributed by atoms with Gasteiger partial charge in [0.05, 0.1) is 7.11 Å². The highest BCUT2D eigenvalue weighted by molar-refractivity contribution is 5.60. The predicted molar refractivity (Wildman–Crippen MR) is 76.5 cm³/mol. The fourth-order valence-electron chi connectivity index (χ4n) is 3.19. The van der Waals surface area contributed by atoms with E-state index in [1.807, 2.05) is 0 Å². The van der Waals surface area contributed by atoms with Crippen LogP contribution in [0.5, 0.6) is 0 Å². The average molecular weight is 284 g/mol. The van der Waals surface area contributed by atoms with Crippen molar-refractivity contribution < 1.29 is 19.0 Å². The summed E-state index contributed by atoms with van der Waals surface area (Å²) in [5.74, 6) is 0.364. The van der Waals surface area contributed by atoms with Crippen LogP contribution < -0.4 is 0 Å². The molecular weight excluding hydrogens is 256 g/mol. The lowest BCUT2D eigenvalue weighted by molar-refractivity contribution is -0.0324. The molecule has 1 atom stereocenters. The molecule has 0 spiro atoms. The zero-order chi connectivity index (χ0) is 14.3. The Hall–Kier alpha value is -0.770. The second-order valence-corrected chi connectivity index (χ2v) is 6.21. The van der Waals surface area contributed by atoms with Crippen LogP contribution in [0.3, 0.4) is 0 Å². The van der Waals surface area contributed by atoms with Crippen LogP contribution in [0.25, 0.3) is 0 Å². The topological polar surface area (TPSA) is 48.1 Å². The van der Waals surface area contributed by atoms with Crippen molar-refractivity contribution in [1.82, 2.24) is 0 Å². The molecular formula is C16H28O4. The van der Waals surface area contributed by atoms with E-state index in [2.05, 4.69) is 4.74 Å². The molecule has 1 saturated carbocycles. The molecule has 0 N–H and O–H groups in total. The summed E-state index contributed by atoms with van der Waals surface area (Å²) in [4.78, 5) is 11.0. The van der Waals surface area contributed by atoms with Gasteiger partial charge in [0.2, 0.25) is 5.79 Å². The summed E-state index contributed by atoms with van der Waals surface area (Å²) in [6, 6.07) is 0. The molecule has 2 aliphatic rings. The number of hydrogen-bond acceptors (Lipinski definition) is 4. The average Bonchev–Trinajstić information content (AvgIpc) is 3.00. The highest BCUT2D eigenvalue weighted by Gasteiger charge is 2.49. The van der Waals surface area contributed by atoms with E-state index >= 15 is 0 Å².